The van der Waals surface area contributed by atoms with Crippen LogP contribution in [0.4, 0.5) is 5.00 Å². The molecule has 5 heteroatoms. The Balaban J connectivity index is 2.49. The van der Waals surface area contributed by atoms with Gasteiger partial charge in [-0.15, -0.1) is 11.3 Å². The monoisotopic (exact) mass is 224 g/mol. The zero-order valence-electron chi connectivity index (χ0n) is 8.36. The number of anilines is 1. The van der Waals surface area contributed by atoms with E-state index in [1.54, 1.807) is 18.4 Å². The van der Waals surface area contributed by atoms with E-state index in [0.717, 1.165) is 0 Å². The van der Waals surface area contributed by atoms with Crippen molar-refractivity contribution in [2.24, 2.45) is 0 Å². The highest BCUT2D eigenvalue weighted by molar-refractivity contribution is 7.14. The highest BCUT2D eigenvalue weighted by atomic mass is 32.1. The summed E-state index contributed by atoms with van der Waals surface area (Å²) in [6, 6.07) is 3.65. The molecule has 1 heterocycles. The second kappa shape index (κ2) is 5.49. The van der Waals surface area contributed by atoms with Crippen LogP contribution in [0.5, 0.6) is 0 Å². The number of thiophene rings is 1. The molecule has 0 aromatic carbocycles. The number of rotatable bonds is 4. The van der Waals surface area contributed by atoms with Crippen LogP contribution in [-0.4, -0.2) is 17.1 Å². The number of amides is 1. The molecular weight excluding hydrogens is 212 g/mol. The van der Waals surface area contributed by atoms with Gasteiger partial charge in [-0.1, -0.05) is 0 Å². The van der Waals surface area contributed by atoms with E-state index in [-0.39, 0.29) is 12.3 Å². The molecule has 1 unspecified atom stereocenters. The summed E-state index contributed by atoms with van der Waals surface area (Å²) in [7, 11) is 0. The predicted octanol–water partition coefficient (Wildman–Crippen LogP) is 1.72. The summed E-state index contributed by atoms with van der Waals surface area (Å²) >= 11 is 1.32. The van der Waals surface area contributed by atoms with Gasteiger partial charge in [0, 0.05) is 6.42 Å². The molecule has 0 radical (unpaired) electrons. The van der Waals surface area contributed by atoms with Crippen molar-refractivity contribution < 1.29 is 9.90 Å². The van der Waals surface area contributed by atoms with Crippen molar-refractivity contribution >= 4 is 22.2 Å². The van der Waals surface area contributed by atoms with Crippen LogP contribution in [0.15, 0.2) is 11.4 Å². The van der Waals surface area contributed by atoms with Gasteiger partial charge in [-0.3, -0.25) is 4.79 Å². The number of carbonyl (C=O) groups is 1. The van der Waals surface area contributed by atoms with Gasteiger partial charge in [0.15, 0.2) is 0 Å². The number of nitriles is 1. The molecule has 0 aliphatic carbocycles. The third-order valence-corrected chi connectivity index (χ3v) is 2.66. The Morgan fingerprint density at radius 2 is 2.53 bits per heavy atom. The average Bonchev–Trinajstić information content (AvgIpc) is 2.62. The van der Waals surface area contributed by atoms with Gasteiger partial charge in [-0.2, -0.15) is 5.26 Å². The number of hydrogen-bond acceptors (Lipinski definition) is 4. The Morgan fingerprint density at radius 3 is 3.13 bits per heavy atom. The van der Waals surface area contributed by atoms with E-state index < -0.39 is 6.10 Å². The van der Waals surface area contributed by atoms with E-state index in [0.29, 0.717) is 17.0 Å². The zero-order valence-corrected chi connectivity index (χ0v) is 9.17. The molecule has 4 nitrogen and oxygen atoms in total. The summed E-state index contributed by atoms with van der Waals surface area (Å²) in [5.74, 6) is -0.171. The molecular formula is C10H12N2O2S. The van der Waals surface area contributed by atoms with Crippen LogP contribution in [0.2, 0.25) is 0 Å². The van der Waals surface area contributed by atoms with Gasteiger partial charge in [0.2, 0.25) is 5.91 Å². The standard InChI is InChI=1S/C10H12N2O2S/c1-7(13)2-3-9(14)12-10-8(6-11)4-5-15-10/h4-5,7,13H,2-3H2,1H3,(H,12,14). The van der Waals surface area contributed by atoms with Crippen LogP contribution in [0.25, 0.3) is 0 Å². The molecule has 2 N–H and O–H groups in total. The van der Waals surface area contributed by atoms with Crippen molar-refractivity contribution in [3.63, 3.8) is 0 Å². The van der Waals surface area contributed by atoms with Crippen molar-refractivity contribution in [2.45, 2.75) is 25.9 Å². The Labute approximate surface area is 92.2 Å². The maximum absolute atomic E-state index is 11.4. The second-order valence-corrected chi connectivity index (χ2v) is 4.13. The Bertz CT molecular complexity index is 379. The summed E-state index contributed by atoms with van der Waals surface area (Å²) in [6.45, 7) is 1.64. The second-order valence-electron chi connectivity index (χ2n) is 3.21. The molecule has 80 valence electrons. The summed E-state index contributed by atoms with van der Waals surface area (Å²) < 4.78 is 0. The van der Waals surface area contributed by atoms with Crippen molar-refractivity contribution in [1.29, 1.82) is 5.26 Å². The van der Waals surface area contributed by atoms with Crippen LogP contribution in [0.1, 0.15) is 25.3 Å². The molecule has 1 rings (SSSR count). The van der Waals surface area contributed by atoms with Crippen molar-refractivity contribution in [3.8, 4) is 6.07 Å². The molecule has 1 aromatic heterocycles. The summed E-state index contributed by atoms with van der Waals surface area (Å²) in [5, 5.41) is 22.7. The average molecular weight is 224 g/mol. The first-order chi connectivity index (χ1) is 7.13. The lowest BCUT2D eigenvalue weighted by molar-refractivity contribution is -0.116. The molecule has 1 aromatic rings. The van der Waals surface area contributed by atoms with E-state index in [2.05, 4.69) is 5.32 Å². The molecule has 1 amide bonds. The fourth-order valence-corrected chi connectivity index (χ4v) is 1.78. The number of carbonyl (C=O) groups excluding carboxylic acids is 1. The van der Waals surface area contributed by atoms with E-state index in [4.69, 9.17) is 10.4 Å². The van der Waals surface area contributed by atoms with Gasteiger partial charge in [0.25, 0.3) is 0 Å². The minimum Gasteiger partial charge on any atom is -0.393 e. The Kier molecular flexibility index (Phi) is 4.28. The lowest BCUT2D eigenvalue weighted by Gasteiger charge is -2.04. The Morgan fingerprint density at radius 1 is 1.80 bits per heavy atom. The van der Waals surface area contributed by atoms with Crippen molar-refractivity contribution in [1.82, 2.24) is 0 Å². The highest BCUT2D eigenvalue weighted by Gasteiger charge is 2.08. The van der Waals surface area contributed by atoms with Crippen molar-refractivity contribution in [3.05, 3.63) is 17.0 Å². The largest absolute Gasteiger partial charge is 0.393 e. The van der Waals surface area contributed by atoms with Crippen LogP contribution in [0.3, 0.4) is 0 Å². The summed E-state index contributed by atoms with van der Waals surface area (Å²) in [4.78, 5) is 11.4. The van der Waals surface area contributed by atoms with E-state index >= 15 is 0 Å². The first-order valence-corrected chi connectivity index (χ1v) is 5.47. The first-order valence-electron chi connectivity index (χ1n) is 4.59. The first kappa shape index (κ1) is 11.7. The minimum absolute atomic E-state index is 0.171. The lowest BCUT2D eigenvalue weighted by atomic mass is 10.2. The van der Waals surface area contributed by atoms with Crippen LogP contribution >= 0.6 is 11.3 Å². The maximum Gasteiger partial charge on any atom is 0.225 e. The van der Waals surface area contributed by atoms with Gasteiger partial charge >= 0.3 is 0 Å². The number of nitrogens with one attached hydrogen (secondary N) is 1. The fraction of sp³-hybridized carbons (Fsp3) is 0.400. The minimum atomic E-state index is -0.477. The highest BCUT2D eigenvalue weighted by Crippen LogP contribution is 2.22. The third-order valence-electron chi connectivity index (χ3n) is 1.83. The summed E-state index contributed by atoms with van der Waals surface area (Å²) in [6.07, 6.45) is 0.217. The van der Waals surface area contributed by atoms with E-state index in [9.17, 15) is 4.79 Å². The number of aliphatic hydroxyl groups is 1. The smallest absolute Gasteiger partial charge is 0.225 e. The molecule has 0 aliphatic heterocycles. The van der Waals surface area contributed by atoms with Gasteiger partial charge in [0.1, 0.15) is 11.1 Å². The summed E-state index contributed by atoms with van der Waals surface area (Å²) in [5.41, 5.74) is 0.477. The topological polar surface area (TPSA) is 73.1 Å². The van der Waals surface area contributed by atoms with E-state index in [1.807, 2.05) is 6.07 Å². The van der Waals surface area contributed by atoms with Gasteiger partial charge in [-0.05, 0) is 24.8 Å². The SMILES string of the molecule is CC(O)CCC(=O)Nc1sccc1C#N. The molecule has 0 saturated heterocycles. The van der Waals surface area contributed by atoms with Gasteiger partial charge in [-0.25, -0.2) is 0 Å². The number of hydrogen-bond donors (Lipinski definition) is 2. The fourth-order valence-electron chi connectivity index (χ4n) is 1.02. The number of nitrogens with zero attached hydrogens (tertiary/aromatic N) is 1. The third kappa shape index (κ3) is 3.70. The zero-order chi connectivity index (χ0) is 11.3. The Hall–Kier alpha value is -1.38. The van der Waals surface area contributed by atoms with Crippen LogP contribution < -0.4 is 5.32 Å². The van der Waals surface area contributed by atoms with Gasteiger partial charge in [0.05, 0.1) is 11.7 Å². The maximum atomic E-state index is 11.4. The normalized spacial score (nSPS) is 11.8. The molecule has 1 atom stereocenters. The van der Waals surface area contributed by atoms with Crippen LogP contribution in [0, 0.1) is 11.3 Å². The molecule has 0 bridgehead atoms. The molecule has 0 aliphatic rings. The number of aliphatic hydroxyl groups excluding tert-OH is 1. The quantitative estimate of drug-likeness (QED) is 0.817. The van der Waals surface area contributed by atoms with Gasteiger partial charge < -0.3 is 10.4 Å². The molecule has 0 fully saturated rings. The molecule has 15 heavy (non-hydrogen) atoms. The van der Waals surface area contributed by atoms with E-state index in [1.165, 1.54) is 11.3 Å². The lowest BCUT2D eigenvalue weighted by Crippen LogP contribution is -2.13. The molecule has 0 saturated carbocycles. The molecule has 0 spiro atoms. The van der Waals surface area contributed by atoms with Crippen LogP contribution in [-0.2, 0) is 4.79 Å². The predicted molar refractivity (Wildman–Crippen MR) is 58.6 cm³/mol. The van der Waals surface area contributed by atoms with Crippen molar-refractivity contribution in [2.75, 3.05) is 5.32 Å².